The Morgan fingerprint density at radius 3 is 2.06 bits per heavy atom. The second kappa shape index (κ2) is 7.23. The molecule has 0 amide bonds. The van der Waals surface area contributed by atoms with Gasteiger partial charge in [0.2, 0.25) is 10.0 Å². The van der Waals surface area contributed by atoms with Crippen LogP contribution in [0.1, 0.15) is 13.3 Å². The maximum atomic E-state index is 11.7. The van der Waals surface area contributed by atoms with E-state index in [-0.39, 0.29) is 25.3 Å². The molecular weight excluding hydrogens is 250 g/mol. The molecule has 0 atom stereocenters. The van der Waals surface area contributed by atoms with Crippen molar-refractivity contribution in [2.75, 3.05) is 33.1 Å². The Balaban J connectivity index is 4.53. The van der Waals surface area contributed by atoms with E-state index >= 15 is 0 Å². The van der Waals surface area contributed by atoms with Gasteiger partial charge in [0, 0.05) is 6.54 Å². The fourth-order valence-corrected chi connectivity index (χ4v) is 2.44. The van der Waals surface area contributed by atoms with E-state index in [9.17, 15) is 18.0 Å². The van der Waals surface area contributed by atoms with Gasteiger partial charge < -0.3 is 9.47 Å². The van der Waals surface area contributed by atoms with Gasteiger partial charge in [0.15, 0.2) is 0 Å². The molecule has 0 heterocycles. The highest BCUT2D eigenvalue weighted by atomic mass is 32.2. The molecule has 0 aliphatic rings. The highest BCUT2D eigenvalue weighted by molar-refractivity contribution is 7.89. The molecule has 100 valence electrons. The molecule has 0 aliphatic heterocycles. The normalized spacial score (nSPS) is 11.3. The minimum absolute atomic E-state index is 0.138. The molecule has 0 unspecified atom stereocenters. The third-order valence-corrected chi connectivity index (χ3v) is 3.97. The monoisotopic (exact) mass is 267 g/mol. The van der Waals surface area contributed by atoms with Crippen LogP contribution in [0.3, 0.4) is 0 Å². The van der Waals surface area contributed by atoms with Gasteiger partial charge in [0.05, 0.1) is 26.4 Å². The summed E-state index contributed by atoms with van der Waals surface area (Å²) in [6.07, 6.45) is -0.240. The number of rotatable bonds is 7. The van der Waals surface area contributed by atoms with Crippen LogP contribution in [0, 0.1) is 0 Å². The smallest absolute Gasteiger partial charge is 0.321 e. The first kappa shape index (κ1) is 15.9. The summed E-state index contributed by atoms with van der Waals surface area (Å²) in [6, 6.07) is 0. The summed E-state index contributed by atoms with van der Waals surface area (Å²) in [5.74, 6) is -1.64. The lowest BCUT2D eigenvalue weighted by Gasteiger charge is -2.18. The topological polar surface area (TPSA) is 90.0 Å². The van der Waals surface area contributed by atoms with E-state index in [0.717, 1.165) is 4.31 Å². The Bertz CT molecular complexity index is 364. The Hall–Kier alpha value is -1.15. The summed E-state index contributed by atoms with van der Waals surface area (Å²) in [7, 11) is -1.29. The van der Waals surface area contributed by atoms with E-state index in [4.69, 9.17) is 0 Å². The number of likely N-dealkylation sites (N-methyl/N-ethyl adjacent to an activating group) is 1. The fourth-order valence-electron chi connectivity index (χ4n) is 1.06. The standard InChI is InChI=1S/C9H17NO6S/c1-4-10(7-9(12)16-3)17(13,14)6-5-8(11)15-2/h4-7H2,1-3H3. The van der Waals surface area contributed by atoms with Crippen molar-refractivity contribution in [3.63, 3.8) is 0 Å². The van der Waals surface area contributed by atoms with Gasteiger partial charge in [-0.2, -0.15) is 4.31 Å². The summed E-state index contributed by atoms with van der Waals surface area (Å²) >= 11 is 0. The molecule has 0 N–H and O–H groups in total. The number of methoxy groups -OCH3 is 2. The lowest BCUT2D eigenvalue weighted by atomic mass is 10.5. The average Bonchev–Trinajstić information content (AvgIpc) is 2.32. The maximum Gasteiger partial charge on any atom is 0.321 e. The van der Waals surface area contributed by atoms with Gasteiger partial charge in [-0.3, -0.25) is 9.59 Å². The van der Waals surface area contributed by atoms with E-state index in [1.807, 2.05) is 0 Å². The largest absolute Gasteiger partial charge is 0.469 e. The highest BCUT2D eigenvalue weighted by Crippen LogP contribution is 2.04. The van der Waals surface area contributed by atoms with Crippen molar-refractivity contribution >= 4 is 22.0 Å². The number of sulfonamides is 1. The minimum Gasteiger partial charge on any atom is -0.469 e. The SMILES string of the molecule is CCN(CC(=O)OC)S(=O)(=O)CCC(=O)OC. The molecule has 0 aromatic carbocycles. The molecule has 0 fully saturated rings. The van der Waals surface area contributed by atoms with E-state index < -0.39 is 22.0 Å². The zero-order valence-electron chi connectivity index (χ0n) is 10.1. The average molecular weight is 267 g/mol. The molecule has 0 aromatic rings. The van der Waals surface area contributed by atoms with Crippen LogP contribution in [0.4, 0.5) is 0 Å². The van der Waals surface area contributed by atoms with Crippen molar-refractivity contribution in [1.82, 2.24) is 4.31 Å². The van der Waals surface area contributed by atoms with E-state index in [2.05, 4.69) is 9.47 Å². The van der Waals surface area contributed by atoms with Crippen LogP contribution in [-0.4, -0.2) is 57.7 Å². The number of hydrogen-bond donors (Lipinski definition) is 0. The van der Waals surface area contributed by atoms with Crippen molar-refractivity contribution in [2.45, 2.75) is 13.3 Å². The van der Waals surface area contributed by atoms with E-state index in [1.54, 1.807) is 6.92 Å². The molecular formula is C9H17NO6S. The van der Waals surface area contributed by atoms with Crippen LogP contribution in [0.2, 0.25) is 0 Å². The summed E-state index contributed by atoms with van der Waals surface area (Å²) in [4.78, 5) is 21.9. The molecule has 0 radical (unpaired) electrons. The maximum absolute atomic E-state index is 11.7. The van der Waals surface area contributed by atoms with Crippen LogP contribution in [-0.2, 0) is 29.1 Å². The first-order chi connectivity index (χ1) is 7.87. The summed E-state index contributed by atoms with van der Waals surface area (Å²) in [5.41, 5.74) is 0. The summed E-state index contributed by atoms with van der Waals surface area (Å²) in [6.45, 7) is 1.38. The highest BCUT2D eigenvalue weighted by Gasteiger charge is 2.24. The minimum atomic E-state index is -3.65. The van der Waals surface area contributed by atoms with Gasteiger partial charge in [-0.1, -0.05) is 6.92 Å². The zero-order chi connectivity index (χ0) is 13.5. The quantitative estimate of drug-likeness (QED) is 0.571. The van der Waals surface area contributed by atoms with Crippen molar-refractivity contribution < 1.29 is 27.5 Å². The van der Waals surface area contributed by atoms with Crippen LogP contribution in [0.25, 0.3) is 0 Å². The first-order valence-electron chi connectivity index (χ1n) is 4.98. The molecule has 0 saturated heterocycles. The second-order valence-electron chi connectivity index (χ2n) is 3.14. The molecule has 8 heteroatoms. The number of esters is 2. The molecule has 0 spiro atoms. The molecule has 17 heavy (non-hydrogen) atoms. The van der Waals surface area contributed by atoms with Crippen molar-refractivity contribution in [3.05, 3.63) is 0 Å². The van der Waals surface area contributed by atoms with Gasteiger partial charge in [-0.15, -0.1) is 0 Å². The van der Waals surface area contributed by atoms with Crippen molar-refractivity contribution in [2.24, 2.45) is 0 Å². The molecule has 0 saturated carbocycles. The van der Waals surface area contributed by atoms with Crippen LogP contribution >= 0.6 is 0 Å². The predicted octanol–water partition coefficient (Wildman–Crippen LogP) is -0.626. The third-order valence-electron chi connectivity index (χ3n) is 2.07. The zero-order valence-corrected chi connectivity index (χ0v) is 10.9. The molecule has 0 rings (SSSR count). The van der Waals surface area contributed by atoms with Gasteiger partial charge >= 0.3 is 11.9 Å². The number of ether oxygens (including phenoxy) is 2. The van der Waals surface area contributed by atoms with Crippen LogP contribution < -0.4 is 0 Å². The lowest BCUT2D eigenvalue weighted by Crippen LogP contribution is -2.38. The van der Waals surface area contributed by atoms with E-state index in [1.165, 1.54) is 14.2 Å². The Morgan fingerprint density at radius 1 is 1.12 bits per heavy atom. The molecule has 0 bridgehead atoms. The number of nitrogens with zero attached hydrogens (tertiary/aromatic N) is 1. The second-order valence-corrected chi connectivity index (χ2v) is 5.23. The molecule has 7 nitrogen and oxygen atoms in total. The number of hydrogen-bond acceptors (Lipinski definition) is 6. The summed E-state index contributed by atoms with van der Waals surface area (Å²) in [5, 5.41) is 0. The Labute approximate surface area is 101 Å². The van der Waals surface area contributed by atoms with Crippen LogP contribution in [0.15, 0.2) is 0 Å². The Kier molecular flexibility index (Phi) is 6.74. The van der Waals surface area contributed by atoms with Crippen molar-refractivity contribution in [1.29, 1.82) is 0 Å². The third kappa shape index (κ3) is 5.64. The van der Waals surface area contributed by atoms with Gasteiger partial charge in [-0.25, -0.2) is 8.42 Å². The number of carbonyl (C=O) groups excluding carboxylic acids is 2. The molecule has 0 aromatic heterocycles. The van der Waals surface area contributed by atoms with E-state index in [0.29, 0.717) is 0 Å². The lowest BCUT2D eigenvalue weighted by molar-refractivity contribution is -0.141. The first-order valence-corrected chi connectivity index (χ1v) is 6.59. The number of carbonyl (C=O) groups is 2. The van der Waals surface area contributed by atoms with Gasteiger partial charge in [-0.05, 0) is 0 Å². The van der Waals surface area contributed by atoms with Crippen molar-refractivity contribution in [3.8, 4) is 0 Å². The fraction of sp³-hybridized carbons (Fsp3) is 0.778. The summed E-state index contributed by atoms with van der Waals surface area (Å²) < 4.78 is 33.2. The Morgan fingerprint density at radius 2 is 1.65 bits per heavy atom. The van der Waals surface area contributed by atoms with Crippen LogP contribution in [0.5, 0.6) is 0 Å². The van der Waals surface area contributed by atoms with Gasteiger partial charge in [0.25, 0.3) is 0 Å². The van der Waals surface area contributed by atoms with Gasteiger partial charge in [0.1, 0.15) is 6.54 Å². The molecule has 0 aliphatic carbocycles. The predicted molar refractivity (Wildman–Crippen MR) is 59.7 cm³/mol.